The van der Waals surface area contributed by atoms with Crippen molar-refractivity contribution in [2.75, 3.05) is 6.61 Å². The average Bonchev–Trinajstić information content (AvgIpc) is 2.60. The zero-order chi connectivity index (χ0) is 23.5. The highest BCUT2D eigenvalue weighted by Gasteiger charge is 2.57. The molecule has 0 heterocycles. The number of hydrogen-bond donors (Lipinski definition) is 2. The maximum atomic E-state index is 13.1. The molecule has 2 rings (SSSR count). The Morgan fingerprint density at radius 2 is 1.71 bits per heavy atom. The lowest BCUT2D eigenvalue weighted by Gasteiger charge is -2.44. The second-order valence-corrected chi connectivity index (χ2v) is 8.61. The zero-order valence-corrected chi connectivity index (χ0v) is 18.9. The van der Waals surface area contributed by atoms with Gasteiger partial charge >= 0.3 is 11.9 Å². The van der Waals surface area contributed by atoms with Gasteiger partial charge in [0.1, 0.15) is 5.92 Å². The molecular formula is C23H32O8. The molecule has 2 N–H and O–H groups in total. The maximum Gasteiger partial charge on any atom is 0.317 e. The molecule has 4 atom stereocenters. The van der Waals surface area contributed by atoms with Gasteiger partial charge in [-0.25, -0.2) is 0 Å². The smallest absolute Gasteiger partial charge is 0.317 e. The first-order chi connectivity index (χ1) is 14.4. The number of phenolic OH excluding ortho intramolecular Hbond substituents is 1. The van der Waals surface area contributed by atoms with Crippen LogP contribution in [0.5, 0.6) is 11.5 Å². The van der Waals surface area contributed by atoms with Gasteiger partial charge in [0.05, 0.1) is 30.3 Å². The van der Waals surface area contributed by atoms with Crippen LogP contribution in [0.15, 0.2) is 18.2 Å². The lowest BCUT2D eigenvalue weighted by Crippen LogP contribution is -2.55. The molecule has 0 bridgehead atoms. The van der Waals surface area contributed by atoms with E-state index in [-0.39, 0.29) is 18.1 Å². The van der Waals surface area contributed by atoms with E-state index in [1.807, 2.05) is 0 Å². The van der Waals surface area contributed by atoms with Crippen LogP contribution in [0.1, 0.15) is 59.4 Å². The molecule has 8 nitrogen and oxygen atoms in total. The van der Waals surface area contributed by atoms with Crippen molar-refractivity contribution in [3.05, 3.63) is 23.8 Å². The van der Waals surface area contributed by atoms with Gasteiger partial charge in [-0.3, -0.25) is 14.4 Å². The van der Waals surface area contributed by atoms with Gasteiger partial charge in [-0.2, -0.15) is 0 Å². The largest absolute Gasteiger partial charge is 0.504 e. The molecule has 1 saturated carbocycles. The minimum atomic E-state index is -1.74. The summed E-state index contributed by atoms with van der Waals surface area (Å²) in [4.78, 5) is 39.0. The molecule has 1 fully saturated rings. The summed E-state index contributed by atoms with van der Waals surface area (Å²) in [6.07, 6.45) is -1.32. The van der Waals surface area contributed by atoms with E-state index in [2.05, 4.69) is 0 Å². The number of aliphatic hydroxyl groups is 1. The number of aromatic hydroxyl groups is 1. The van der Waals surface area contributed by atoms with Crippen LogP contribution in [0.4, 0.5) is 0 Å². The van der Waals surface area contributed by atoms with Crippen LogP contribution in [0.3, 0.4) is 0 Å². The highest BCUT2D eigenvalue weighted by atomic mass is 16.5. The Bertz CT molecular complexity index is 819. The van der Waals surface area contributed by atoms with E-state index < -0.39 is 59.7 Å². The highest BCUT2D eigenvalue weighted by molar-refractivity contribution is 6.02. The molecule has 1 aromatic rings. The van der Waals surface area contributed by atoms with Gasteiger partial charge in [-0.05, 0) is 59.2 Å². The summed E-state index contributed by atoms with van der Waals surface area (Å²) < 4.78 is 16.1. The standard InChI is InChI=1S/C23H32O8/c1-7-29-17-10-14(8-9-15(17)24)18-19(21(26)30-12(2)3)16(25)11-23(6,28)20(18)22(27)31-13(4)5/h8-10,12-13,18-20,24,28H,7,11H2,1-6H3. The van der Waals surface area contributed by atoms with Crippen LogP contribution in [-0.2, 0) is 23.9 Å². The van der Waals surface area contributed by atoms with Crippen molar-refractivity contribution >= 4 is 17.7 Å². The number of ether oxygens (including phenoxy) is 3. The van der Waals surface area contributed by atoms with E-state index in [9.17, 15) is 24.6 Å². The van der Waals surface area contributed by atoms with E-state index in [0.717, 1.165) is 0 Å². The molecule has 8 heteroatoms. The van der Waals surface area contributed by atoms with Crippen molar-refractivity contribution in [1.29, 1.82) is 0 Å². The predicted octanol–water partition coefficient (Wildman–Crippen LogP) is 2.73. The minimum absolute atomic E-state index is 0.123. The number of esters is 2. The summed E-state index contributed by atoms with van der Waals surface area (Å²) in [5.74, 6) is -5.58. The van der Waals surface area contributed by atoms with Gasteiger partial charge in [0, 0.05) is 12.3 Å². The third-order valence-corrected chi connectivity index (χ3v) is 5.15. The second-order valence-electron chi connectivity index (χ2n) is 8.61. The predicted molar refractivity (Wildman–Crippen MR) is 112 cm³/mol. The first-order valence-corrected chi connectivity index (χ1v) is 10.5. The molecule has 0 spiro atoms. The normalized spacial score (nSPS) is 26.1. The van der Waals surface area contributed by atoms with Crippen molar-refractivity contribution in [1.82, 2.24) is 0 Å². The van der Waals surface area contributed by atoms with E-state index in [1.165, 1.54) is 25.1 Å². The number of hydrogen-bond acceptors (Lipinski definition) is 8. The number of ketones is 1. The fraction of sp³-hybridized carbons (Fsp3) is 0.609. The van der Waals surface area contributed by atoms with Gasteiger partial charge in [0.15, 0.2) is 17.3 Å². The molecule has 0 aliphatic heterocycles. The summed E-state index contributed by atoms with van der Waals surface area (Å²) in [5.41, 5.74) is -1.36. The average molecular weight is 437 g/mol. The lowest BCUT2D eigenvalue weighted by atomic mass is 9.61. The van der Waals surface area contributed by atoms with Crippen LogP contribution >= 0.6 is 0 Å². The molecule has 0 amide bonds. The van der Waals surface area contributed by atoms with Crippen molar-refractivity contribution in [3.63, 3.8) is 0 Å². The van der Waals surface area contributed by atoms with Gasteiger partial charge in [-0.15, -0.1) is 0 Å². The van der Waals surface area contributed by atoms with E-state index in [4.69, 9.17) is 14.2 Å². The summed E-state index contributed by atoms with van der Waals surface area (Å²) in [6.45, 7) is 10.1. The zero-order valence-electron chi connectivity index (χ0n) is 18.9. The van der Waals surface area contributed by atoms with Crippen LogP contribution in [0, 0.1) is 11.8 Å². The van der Waals surface area contributed by atoms with Crippen molar-refractivity contribution in [3.8, 4) is 11.5 Å². The third kappa shape index (κ3) is 5.55. The van der Waals surface area contributed by atoms with E-state index in [1.54, 1.807) is 34.6 Å². The Hall–Kier alpha value is -2.61. The quantitative estimate of drug-likeness (QED) is 0.495. The molecule has 1 aromatic carbocycles. The molecule has 0 aromatic heterocycles. The van der Waals surface area contributed by atoms with E-state index >= 15 is 0 Å². The van der Waals surface area contributed by atoms with Crippen LogP contribution < -0.4 is 4.74 Å². The monoisotopic (exact) mass is 436 g/mol. The molecule has 31 heavy (non-hydrogen) atoms. The fourth-order valence-corrected chi connectivity index (χ4v) is 4.04. The van der Waals surface area contributed by atoms with E-state index in [0.29, 0.717) is 5.56 Å². The topological polar surface area (TPSA) is 119 Å². The van der Waals surface area contributed by atoms with Gasteiger partial charge in [-0.1, -0.05) is 6.07 Å². The SMILES string of the molecule is CCOc1cc(C2C(C(=O)OC(C)C)C(=O)CC(C)(O)C2C(=O)OC(C)C)ccc1O. The van der Waals surface area contributed by atoms with Crippen LogP contribution in [0.2, 0.25) is 0 Å². The van der Waals surface area contributed by atoms with Crippen LogP contribution in [-0.4, -0.2) is 52.4 Å². The minimum Gasteiger partial charge on any atom is -0.504 e. The summed E-state index contributed by atoms with van der Waals surface area (Å²) in [6, 6.07) is 4.34. The highest BCUT2D eigenvalue weighted by Crippen LogP contribution is 2.48. The maximum absolute atomic E-state index is 13.1. The molecule has 0 saturated heterocycles. The molecule has 172 valence electrons. The molecule has 4 unspecified atom stereocenters. The Morgan fingerprint density at radius 3 is 2.26 bits per heavy atom. The molecule has 1 aliphatic carbocycles. The fourth-order valence-electron chi connectivity index (χ4n) is 4.04. The number of carbonyl (C=O) groups excluding carboxylic acids is 3. The van der Waals surface area contributed by atoms with Gasteiger partial charge in [0.2, 0.25) is 0 Å². The third-order valence-electron chi connectivity index (χ3n) is 5.15. The molecule has 1 aliphatic rings. The first kappa shape index (κ1) is 24.7. The van der Waals surface area contributed by atoms with Crippen molar-refractivity contribution in [2.24, 2.45) is 11.8 Å². The number of benzene rings is 1. The Morgan fingerprint density at radius 1 is 1.13 bits per heavy atom. The molecule has 0 radical (unpaired) electrons. The first-order valence-electron chi connectivity index (χ1n) is 10.5. The Balaban J connectivity index is 2.67. The number of Topliss-reactive ketones (excluding diaryl/α,β-unsaturated/α-hetero) is 1. The summed E-state index contributed by atoms with van der Waals surface area (Å²) in [7, 11) is 0. The van der Waals surface area contributed by atoms with Crippen molar-refractivity contribution < 1.29 is 38.8 Å². The lowest BCUT2D eigenvalue weighted by molar-refractivity contribution is -0.176. The summed E-state index contributed by atoms with van der Waals surface area (Å²) >= 11 is 0. The molecular weight excluding hydrogens is 404 g/mol. The summed E-state index contributed by atoms with van der Waals surface area (Å²) in [5, 5.41) is 21.2. The van der Waals surface area contributed by atoms with Gasteiger partial charge < -0.3 is 24.4 Å². The Kier molecular flexibility index (Phi) is 7.70. The number of phenols is 1. The van der Waals surface area contributed by atoms with Gasteiger partial charge in [0.25, 0.3) is 0 Å². The van der Waals surface area contributed by atoms with Crippen molar-refractivity contribution in [2.45, 2.75) is 71.7 Å². The Labute approximate surface area is 182 Å². The van der Waals surface area contributed by atoms with Crippen LogP contribution in [0.25, 0.3) is 0 Å². The number of rotatable bonds is 7. The number of carbonyl (C=O) groups is 3. The second kappa shape index (κ2) is 9.68.